The number of carboxylic acid groups (broad SMARTS) is 1. The monoisotopic (exact) mass is 1100 g/mol. The molecule has 2 aromatic heterocycles. The highest BCUT2D eigenvalue weighted by atomic mass is 19.4. The van der Waals surface area contributed by atoms with E-state index in [0.717, 1.165) is 62.5 Å². The number of amides is 4. The van der Waals surface area contributed by atoms with Crippen molar-refractivity contribution in [3.63, 3.8) is 0 Å². The smallest absolute Gasteiger partial charge is 0.452 e. The minimum atomic E-state index is -4.92. The molecule has 16 nitrogen and oxygen atoms in total. The number of hydrogen-bond donors (Lipinski definition) is 5. The number of aromatic nitrogens is 2. The Balaban J connectivity index is 0.000000229. The number of halogens is 6. The summed E-state index contributed by atoms with van der Waals surface area (Å²) in [6.45, 7) is -0.393. The van der Waals surface area contributed by atoms with Crippen LogP contribution < -0.4 is 21.3 Å². The van der Waals surface area contributed by atoms with E-state index < -0.39 is 64.9 Å². The van der Waals surface area contributed by atoms with E-state index in [1.165, 1.54) is 31.4 Å². The van der Waals surface area contributed by atoms with Crippen molar-refractivity contribution in [3.8, 4) is 22.9 Å². The molecule has 0 spiro atoms. The largest absolute Gasteiger partial charge is 0.481 e. The molecule has 0 atom stereocenters. The number of anilines is 2. The number of carbonyl (C=O) groups excluding carboxylic acids is 5. The van der Waals surface area contributed by atoms with Gasteiger partial charge < -0.3 is 39.9 Å². The lowest BCUT2D eigenvalue weighted by Crippen LogP contribution is -2.29. The minimum Gasteiger partial charge on any atom is -0.481 e. The molecule has 0 aliphatic heterocycles. The molecule has 2 heterocycles. The second-order valence-corrected chi connectivity index (χ2v) is 19.3. The Morgan fingerprint density at radius 3 is 1.25 bits per heavy atom. The molecule has 2 saturated carbocycles. The fourth-order valence-corrected chi connectivity index (χ4v) is 9.58. The van der Waals surface area contributed by atoms with E-state index in [4.69, 9.17) is 18.7 Å². The summed E-state index contributed by atoms with van der Waals surface area (Å²) in [5, 5.41) is 19.0. The number of esters is 1. The van der Waals surface area contributed by atoms with Crippen LogP contribution in [0.1, 0.15) is 133 Å². The first-order valence-corrected chi connectivity index (χ1v) is 25.7. The van der Waals surface area contributed by atoms with Gasteiger partial charge in [0.15, 0.2) is 11.4 Å². The number of oxazole rings is 2. The Hall–Kier alpha value is -8.30. The maximum Gasteiger partial charge on any atom is 0.452 e. The van der Waals surface area contributed by atoms with Crippen molar-refractivity contribution in [1.82, 2.24) is 20.6 Å². The van der Waals surface area contributed by atoms with E-state index >= 15 is 0 Å². The van der Waals surface area contributed by atoms with Crippen LogP contribution in [0.4, 0.5) is 37.7 Å². The Kier molecular flexibility index (Phi) is 19.8. The number of hydrogen-bond acceptors (Lipinski definition) is 11. The van der Waals surface area contributed by atoms with E-state index in [-0.39, 0.29) is 56.0 Å². The lowest BCUT2D eigenvalue weighted by molar-refractivity contribution is -0.153. The molecule has 2 aliphatic rings. The van der Waals surface area contributed by atoms with Crippen molar-refractivity contribution in [2.24, 2.45) is 11.8 Å². The first kappa shape index (κ1) is 58.4. The maximum atomic E-state index is 13.5. The number of nitrogens with zero attached hydrogens (tertiary/aromatic N) is 2. The van der Waals surface area contributed by atoms with E-state index in [9.17, 15) is 55.1 Å². The standard InChI is InChI=1S/C29H30F3N3O5.C28H28F3N3O5/c1-39-24(37)17-18-7-9-19(10-8-18)20-11-13-22(14-12-20)34-23(36)15-16-33-27(38)25-26(29(30,31)32)40-28(35-25)21-5-3-2-4-6-21;29-28(30,31)25-24(34-27(39-25)20-4-2-1-3-5-20)26(38)32-15-14-22(35)33-21-12-10-19(11-13-21)18-8-6-17(7-9-18)16-23(36)37/h2-6,11-14,18-19H,7-10,15-17H2,1H3,(H,33,38)(H,34,36);1-5,10-13,17-18H,6-9,14-16H2,(H,32,38)(H,33,35)(H,36,37). The second kappa shape index (κ2) is 26.8. The van der Waals surface area contributed by atoms with E-state index in [1.807, 2.05) is 24.3 Å². The topological polar surface area (TPSA) is 232 Å². The molecule has 4 amide bonds. The van der Waals surface area contributed by atoms with Gasteiger partial charge in [0.05, 0.1) is 7.11 Å². The highest BCUT2D eigenvalue weighted by molar-refractivity contribution is 5.96. The molecule has 8 rings (SSSR count). The number of rotatable bonds is 18. The van der Waals surface area contributed by atoms with Gasteiger partial charge in [0.2, 0.25) is 35.1 Å². The number of benzene rings is 4. The lowest BCUT2D eigenvalue weighted by Gasteiger charge is -2.28. The van der Waals surface area contributed by atoms with Crippen LogP contribution in [0.5, 0.6) is 0 Å². The zero-order chi connectivity index (χ0) is 56.7. The van der Waals surface area contributed by atoms with Crippen LogP contribution in [-0.2, 0) is 36.3 Å². The SMILES string of the molecule is COC(=O)CC1CCC(c2ccc(NC(=O)CCNC(=O)c3nc(-c4ccccc4)oc3C(F)(F)F)cc2)CC1.O=C(O)CC1CCC(c2ccc(NC(=O)CCNC(=O)c3nc(-c4ccccc4)oc3C(F)(F)F)cc2)CC1. The summed E-state index contributed by atoms with van der Waals surface area (Å²) >= 11 is 0. The van der Waals surface area contributed by atoms with Crippen molar-refractivity contribution in [2.75, 3.05) is 30.8 Å². The molecular formula is C57H58F6N6O10. The molecule has 0 unspecified atom stereocenters. The summed E-state index contributed by atoms with van der Waals surface area (Å²) in [6, 6.07) is 30.7. The average Bonchev–Trinajstić information content (AvgIpc) is 4.12. The third-order valence-corrected chi connectivity index (χ3v) is 13.7. The van der Waals surface area contributed by atoms with Crippen molar-refractivity contribution in [1.29, 1.82) is 0 Å². The maximum absolute atomic E-state index is 13.5. The van der Waals surface area contributed by atoms with Gasteiger partial charge in [0.1, 0.15) is 0 Å². The number of ether oxygens (including phenoxy) is 1. The summed E-state index contributed by atoms with van der Waals surface area (Å²) in [5.74, 6) is -6.31. The van der Waals surface area contributed by atoms with Gasteiger partial charge in [0, 0.05) is 61.3 Å². The zero-order valence-electron chi connectivity index (χ0n) is 42.9. The number of carboxylic acids is 1. The number of nitrogens with one attached hydrogen (secondary N) is 4. The number of carbonyl (C=O) groups is 6. The highest BCUT2D eigenvalue weighted by Gasteiger charge is 2.43. The third-order valence-electron chi connectivity index (χ3n) is 13.7. The summed E-state index contributed by atoms with van der Waals surface area (Å²) in [5.41, 5.74) is 2.21. The Labute approximate surface area is 450 Å². The summed E-state index contributed by atoms with van der Waals surface area (Å²) < 4.78 is 95.2. The van der Waals surface area contributed by atoms with Crippen LogP contribution in [-0.4, -0.2) is 70.8 Å². The summed E-state index contributed by atoms with van der Waals surface area (Å²) in [4.78, 5) is 79.6. The van der Waals surface area contributed by atoms with Crippen LogP contribution in [0.3, 0.4) is 0 Å². The minimum absolute atomic E-state index is 0.150. The van der Waals surface area contributed by atoms with Crippen LogP contribution in [0.2, 0.25) is 0 Å². The molecule has 2 fully saturated rings. The molecule has 79 heavy (non-hydrogen) atoms. The fraction of sp³-hybridized carbons (Fsp3) is 0.368. The van der Waals surface area contributed by atoms with Gasteiger partial charge in [-0.25, -0.2) is 9.97 Å². The molecule has 0 radical (unpaired) electrons. The molecule has 5 N–H and O–H groups in total. The van der Waals surface area contributed by atoms with Gasteiger partial charge in [0.25, 0.3) is 11.8 Å². The number of aliphatic carboxylic acids is 1. The molecular weight excluding hydrogens is 1040 g/mol. The Bertz CT molecular complexity index is 3020. The van der Waals surface area contributed by atoms with Crippen LogP contribution in [0.15, 0.2) is 118 Å². The first-order chi connectivity index (χ1) is 37.7. The molecule has 0 bridgehead atoms. The third kappa shape index (κ3) is 16.8. The van der Waals surface area contributed by atoms with Crippen molar-refractivity contribution in [2.45, 2.75) is 101 Å². The van der Waals surface area contributed by atoms with Gasteiger partial charge in [-0.3, -0.25) is 28.8 Å². The van der Waals surface area contributed by atoms with Gasteiger partial charge >= 0.3 is 24.3 Å². The quantitative estimate of drug-likeness (QED) is 0.0400. The second-order valence-electron chi connectivity index (χ2n) is 19.3. The zero-order valence-corrected chi connectivity index (χ0v) is 42.9. The van der Waals surface area contributed by atoms with E-state index in [1.54, 1.807) is 60.7 Å². The predicted octanol–water partition coefficient (Wildman–Crippen LogP) is 11.8. The van der Waals surface area contributed by atoms with Gasteiger partial charge in [-0.1, -0.05) is 60.7 Å². The van der Waals surface area contributed by atoms with E-state index in [0.29, 0.717) is 46.7 Å². The van der Waals surface area contributed by atoms with Crippen LogP contribution in [0, 0.1) is 11.8 Å². The molecule has 2 aliphatic carbocycles. The van der Waals surface area contributed by atoms with Crippen molar-refractivity contribution < 1.29 is 73.8 Å². The average molecular weight is 1100 g/mol. The molecule has 22 heteroatoms. The first-order valence-electron chi connectivity index (χ1n) is 25.7. The van der Waals surface area contributed by atoms with Gasteiger partial charge in [-0.2, -0.15) is 26.3 Å². The van der Waals surface area contributed by atoms with Gasteiger partial charge in [-0.05, 0) is 135 Å². The lowest BCUT2D eigenvalue weighted by atomic mass is 9.77. The molecule has 418 valence electrons. The van der Waals surface area contributed by atoms with Gasteiger partial charge in [-0.15, -0.1) is 0 Å². The molecule has 0 saturated heterocycles. The van der Waals surface area contributed by atoms with Crippen LogP contribution >= 0.6 is 0 Å². The number of methoxy groups -OCH3 is 1. The van der Waals surface area contributed by atoms with Crippen molar-refractivity contribution >= 4 is 46.9 Å². The van der Waals surface area contributed by atoms with Crippen molar-refractivity contribution in [3.05, 3.63) is 143 Å². The normalized spacial score (nSPS) is 17.3. The molecule has 6 aromatic rings. The molecule has 4 aromatic carbocycles. The predicted molar refractivity (Wildman–Crippen MR) is 276 cm³/mol. The Morgan fingerprint density at radius 1 is 0.544 bits per heavy atom. The highest BCUT2D eigenvalue weighted by Crippen LogP contribution is 2.40. The number of alkyl halides is 6. The van der Waals surface area contributed by atoms with Crippen LogP contribution in [0.25, 0.3) is 22.9 Å². The fourth-order valence-electron chi connectivity index (χ4n) is 9.58. The Morgan fingerprint density at radius 2 is 0.911 bits per heavy atom. The van der Waals surface area contributed by atoms with E-state index in [2.05, 4.69) is 31.2 Å². The summed E-state index contributed by atoms with van der Waals surface area (Å²) in [7, 11) is 1.40. The summed E-state index contributed by atoms with van der Waals surface area (Å²) in [6.07, 6.45) is -2.08.